The van der Waals surface area contributed by atoms with Crippen molar-refractivity contribution >= 4 is 32.4 Å². The van der Waals surface area contributed by atoms with Gasteiger partial charge in [-0.1, -0.05) is 42.5 Å². The predicted octanol–water partition coefficient (Wildman–Crippen LogP) is 3.56. The van der Waals surface area contributed by atoms with E-state index in [1.54, 1.807) is 30.2 Å². The molecule has 0 saturated carbocycles. The number of ether oxygens (including phenoxy) is 2. The summed E-state index contributed by atoms with van der Waals surface area (Å²) in [6, 6.07) is 18.2. The molecule has 8 heteroatoms. The maximum atomic E-state index is 13.6. The molecule has 2 aliphatic rings. The zero-order chi connectivity index (χ0) is 23.0. The van der Waals surface area contributed by atoms with E-state index in [2.05, 4.69) is 0 Å². The molecule has 172 valence electrons. The molecule has 1 fully saturated rings. The van der Waals surface area contributed by atoms with E-state index in [0.29, 0.717) is 36.5 Å². The second kappa shape index (κ2) is 8.68. The highest BCUT2D eigenvalue weighted by Crippen LogP contribution is 2.41. The monoisotopic (exact) mass is 466 g/mol. The fourth-order valence-corrected chi connectivity index (χ4v) is 6.34. The fourth-order valence-electron chi connectivity index (χ4n) is 4.68. The number of benzene rings is 3. The Bertz CT molecular complexity index is 1300. The molecule has 3 aromatic carbocycles. The average molecular weight is 467 g/mol. The van der Waals surface area contributed by atoms with Gasteiger partial charge < -0.3 is 14.4 Å². The number of para-hydroxylation sites is 1. The largest absolute Gasteiger partial charge is 0.496 e. The molecular formula is C25H26N2O5S. The Morgan fingerprint density at radius 3 is 2.67 bits per heavy atom. The van der Waals surface area contributed by atoms with Crippen molar-refractivity contribution in [1.29, 1.82) is 0 Å². The molecule has 0 radical (unpaired) electrons. The molecule has 0 spiro atoms. The Kier molecular flexibility index (Phi) is 5.72. The number of carbonyl (C=O) groups is 1. The lowest BCUT2D eigenvalue weighted by Gasteiger charge is -2.28. The van der Waals surface area contributed by atoms with Gasteiger partial charge in [0, 0.05) is 30.6 Å². The zero-order valence-corrected chi connectivity index (χ0v) is 19.3. The van der Waals surface area contributed by atoms with E-state index in [1.165, 1.54) is 4.31 Å². The normalized spacial score (nSPS) is 18.6. The number of rotatable bonds is 7. The predicted molar refractivity (Wildman–Crippen MR) is 126 cm³/mol. The van der Waals surface area contributed by atoms with Crippen LogP contribution >= 0.6 is 0 Å². The van der Waals surface area contributed by atoms with E-state index in [-0.39, 0.29) is 23.5 Å². The van der Waals surface area contributed by atoms with Gasteiger partial charge in [0.05, 0.1) is 23.8 Å². The Labute approximate surface area is 193 Å². The lowest BCUT2D eigenvalue weighted by Crippen LogP contribution is -2.44. The summed E-state index contributed by atoms with van der Waals surface area (Å²) in [4.78, 5) is 15.5. The first-order chi connectivity index (χ1) is 16.0. The fraction of sp³-hybridized carbons (Fsp3) is 0.320. The molecule has 0 bridgehead atoms. The third kappa shape index (κ3) is 3.94. The van der Waals surface area contributed by atoms with E-state index in [9.17, 15) is 13.2 Å². The molecule has 7 nitrogen and oxygen atoms in total. The zero-order valence-electron chi connectivity index (χ0n) is 18.4. The Balaban J connectivity index is 1.45. The van der Waals surface area contributed by atoms with Gasteiger partial charge in [0.2, 0.25) is 5.91 Å². The molecule has 33 heavy (non-hydrogen) atoms. The van der Waals surface area contributed by atoms with Gasteiger partial charge in [0.25, 0.3) is 10.0 Å². The number of nitrogens with zero attached hydrogens (tertiary/aromatic N) is 2. The van der Waals surface area contributed by atoms with E-state index >= 15 is 0 Å². The number of methoxy groups -OCH3 is 1. The summed E-state index contributed by atoms with van der Waals surface area (Å²) in [7, 11) is -2.21. The first kappa shape index (κ1) is 21.7. The van der Waals surface area contributed by atoms with E-state index < -0.39 is 10.0 Å². The van der Waals surface area contributed by atoms with Crippen molar-refractivity contribution in [2.75, 3.05) is 31.1 Å². The van der Waals surface area contributed by atoms with Crippen molar-refractivity contribution in [2.24, 2.45) is 0 Å². The first-order valence-electron chi connectivity index (χ1n) is 11.0. The van der Waals surface area contributed by atoms with Gasteiger partial charge in [-0.15, -0.1) is 0 Å². The van der Waals surface area contributed by atoms with Gasteiger partial charge in [-0.25, -0.2) is 8.42 Å². The Morgan fingerprint density at radius 2 is 1.91 bits per heavy atom. The van der Waals surface area contributed by atoms with E-state index in [1.807, 2.05) is 42.5 Å². The minimum atomic E-state index is -3.81. The second-order valence-electron chi connectivity index (χ2n) is 8.36. The van der Waals surface area contributed by atoms with Crippen LogP contribution in [-0.2, 0) is 26.1 Å². The number of hydrogen-bond acceptors (Lipinski definition) is 5. The van der Waals surface area contributed by atoms with E-state index in [4.69, 9.17) is 9.47 Å². The maximum Gasteiger partial charge on any atom is 0.265 e. The van der Waals surface area contributed by atoms with Crippen molar-refractivity contribution < 1.29 is 22.7 Å². The van der Waals surface area contributed by atoms with Crippen LogP contribution in [0, 0.1) is 0 Å². The van der Waals surface area contributed by atoms with Crippen molar-refractivity contribution in [3.63, 3.8) is 0 Å². The van der Waals surface area contributed by atoms with Gasteiger partial charge >= 0.3 is 0 Å². The second-order valence-corrected chi connectivity index (χ2v) is 10.2. The lowest BCUT2D eigenvalue weighted by molar-refractivity contribution is -0.131. The molecule has 0 aromatic heterocycles. The lowest BCUT2D eigenvalue weighted by atomic mass is 10.1. The summed E-state index contributed by atoms with van der Waals surface area (Å²) in [5.74, 6) is 0.415. The molecular weight excluding hydrogens is 440 g/mol. The third-order valence-corrected chi connectivity index (χ3v) is 8.12. The van der Waals surface area contributed by atoms with Gasteiger partial charge in [-0.3, -0.25) is 9.10 Å². The van der Waals surface area contributed by atoms with Gasteiger partial charge in [-0.2, -0.15) is 0 Å². The van der Waals surface area contributed by atoms with Crippen molar-refractivity contribution in [3.8, 4) is 5.75 Å². The van der Waals surface area contributed by atoms with Crippen LogP contribution in [0.1, 0.15) is 18.4 Å². The van der Waals surface area contributed by atoms with Crippen LogP contribution < -0.4 is 9.04 Å². The molecule has 3 aromatic rings. The first-order valence-corrected chi connectivity index (χ1v) is 12.5. The standard InChI is InChI=1S/C25H26N2O5S/c1-31-22-12-3-2-7-19(22)15-26(16-20-10-6-14-32-20)24(28)17-27-21-11-4-8-18-9-5-13-23(25(18)21)33(27,29)30/h2-5,7-9,11-13,20H,6,10,14-17H2,1H3. The summed E-state index contributed by atoms with van der Waals surface area (Å²) in [6.45, 7) is 1.13. The van der Waals surface area contributed by atoms with Crippen LogP contribution in [0.15, 0.2) is 65.6 Å². The van der Waals surface area contributed by atoms with Crippen LogP contribution in [0.25, 0.3) is 10.8 Å². The van der Waals surface area contributed by atoms with Gasteiger partial charge in [0.1, 0.15) is 12.3 Å². The van der Waals surface area contributed by atoms with Crippen LogP contribution in [0.3, 0.4) is 0 Å². The molecule has 1 saturated heterocycles. The molecule has 5 rings (SSSR count). The van der Waals surface area contributed by atoms with Crippen molar-refractivity contribution in [3.05, 3.63) is 66.2 Å². The molecule has 2 heterocycles. The summed E-state index contributed by atoms with van der Waals surface area (Å²) in [6.07, 6.45) is 1.78. The quantitative estimate of drug-likeness (QED) is 0.532. The Hall–Kier alpha value is -3.10. The van der Waals surface area contributed by atoms with Crippen molar-refractivity contribution in [1.82, 2.24) is 4.90 Å². The highest BCUT2D eigenvalue weighted by Gasteiger charge is 2.37. The average Bonchev–Trinajstić information content (AvgIpc) is 3.41. The van der Waals surface area contributed by atoms with Crippen LogP contribution in [0.2, 0.25) is 0 Å². The van der Waals surface area contributed by atoms with Crippen LogP contribution in [-0.4, -0.2) is 52.1 Å². The molecule has 2 aliphatic heterocycles. The minimum absolute atomic E-state index is 0.0560. The molecule has 0 N–H and O–H groups in total. The van der Waals surface area contributed by atoms with Crippen molar-refractivity contribution in [2.45, 2.75) is 30.4 Å². The number of hydrogen-bond donors (Lipinski definition) is 0. The number of sulfonamides is 1. The topological polar surface area (TPSA) is 76.2 Å². The molecule has 1 atom stereocenters. The minimum Gasteiger partial charge on any atom is -0.496 e. The number of anilines is 1. The van der Waals surface area contributed by atoms with Gasteiger partial charge in [-0.05, 0) is 36.4 Å². The molecule has 1 amide bonds. The highest BCUT2D eigenvalue weighted by atomic mass is 32.2. The SMILES string of the molecule is COc1ccccc1CN(CC1CCCO1)C(=O)CN1c2cccc3cccc(c23)S1(=O)=O. The smallest absolute Gasteiger partial charge is 0.265 e. The highest BCUT2D eigenvalue weighted by molar-refractivity contribution is 7.93. The van der Waals surface area contributed by atoms with Gasteiger partial charge in [0.15, 0.2) is 0 Å². The summed E-state index contributed by atoms with van der Waals surface area (Å²) < 4.78 is 39.2. The third-order valence-electron chi connectivity index (χ3n) is 6.31. The summed E-state index contributed by atoms with van der Waals surface area (Å²) in [5.41, 5.74) is 1.41. The number of amides is 1. The molecule has 1 unspecified atom stereocenters. The summed E-state index contributed by atoms with van der Waals surface area (Å²) in [5, 5.41) is 1.51. The Morgan fingerprint density at radius 1 is 1.12 bits per heavy atom. The summed E-state index contributed by atoms with van der Waals surface area (Å²) >= 11 is 0. The number of carbonyl (C=O) groups excluding carboxylic acids is 1. The van der Waals surface area contributed by atoms with Crippen LogP contribution in [0.4, 0.5) is 5.69 Å². The molecule has 0 aliphatic carbocycles. The maximum absolute atomic E-state index is 13.6. The van der Waals surface area contributed by atoms with Crippen LogP contribution in [0.5, 0.6) is 5.75 Å². The van der Waals surface area contributed by atoms with E-state index in [0.717, 1.165) is 23.8 Å².